The highest BCUT2D eigenvalue weighted by Gasteiger charge is 2.18. The Hall–Kier alpha value is -4.07. The van der Waals surface area contributed by atoms with E-state index in [-0.39, 0.29) is 17.5 Å². The van der Waals surface area contributed by atoms with E-state index in [1.54, 1.807) is 24.1 Å². The molecule has 0 saturated carbocycles. The summed E-state index contributed by atoms with van der Waals surface area (Å²) in [6.07, 6.45) is 4.78. The number of carbonyl (C=O) groups is 2. The molecule has 3 rings (SSSR count). The first kappa shape index (κ1) is 26.5. The number of amides is 2. The van der Waals surface area contributed by atoms with E-state index in [0.717, 1.165) is 22.4 Å². The van der Waals surface area contributed by atoms with Crippen LogP contribution in [0, 0.1) is 12.8 Å². The minimum atomic E-state index is -0.364. The molecule has 0 saturated heterocycles. The number of ether oxygens (including phenoxy) is 2. The Morgan fingerprint density at radius 1 is 1.14 bits per heavy atom. The second-order valence-electron chi connectivity index (χ2n) is 8.85. The molecule has 0 spiro atoms. The number of aromatic nitrogens is 2. The zero-order valence-electron chi connectivity index (χ0n) is 21.5. The summed E-state index contributed by atoms with van der Waals surface area (Å²) in [6, 6.07) is 13.5. The fourth-order valence-corrected chi connectivity index (χ4v) is 3.38. The quantitative estimate of drug-likeness (QED) is 0.375. The van der Waals surface area contributed by atoms with Gasteiger partial charge in [0.2, 0.25) is 5.91 Å². The number of nitrogens with one attached hydrogen (secondary N) is 2. The third-order valence-electron chi connectivity index (χ3n) is 5.38. The molecule has 0 aliphatic carbocycles. The van der Waals surface area contributed by atoms with Crippen LogP contribution >= 0.6 is 0 Å². The van der Waals surface area contributed by atoms with Crippen LogP contribution in [0.5, 0.6) is 11.5 Å². The molecular weight excluding hydrogens is 456 g/mol. The fraction of sp³-hybridized carbons (Fsp3) is 0.321. The van der Waals surface area contributed by atoms with Gasteiger partial charge in [-0.2, -0.15) is 5.10 Å². The van der Waals surface area contributed by atoms with Gasteiger partial charge >= 0.3 is 0 Å². The predicted molar refractivity (Wildman–Crippen MR) is 141 cm³/mol. The number of nitrogens with zero attached hydrogens (tertiary/aromatic N) is 2. The first-order valence-electron chi connectivity index (χ1n) is 12.0. The van der Waals surface area contributed by atoms with Crippen LogP contribution < -0.4 is 20.1 Å². The molecule has 36 heavy (non-hydrogen) atoms. The number of methoxy groups -OCH3 is 1. The van der Waals surface area contributed by atoms with Crippen molar-refractivity contribution in [2.24, 2.45) is 5.92 Å². The highest BCUT2D eigenvalue weighted by atomic mass is 16.5. The summed E-state index contributed by atoms with van der Waals surface area (Å²) in [6.45, 7) is 9.39. The van der Waals surface area contributed by atoms with Gasteiger partial charge in [-0.15, -0.1) is 0 Å². The number of hydrogen-bond acceptors (Lipinski definition) is 5. The van der Waals surface area contributed by atoms with E-state index in [9.17, 15) is 9.59 Å². The van der Waals surface area contributed by atoms with Gasteiger partial charge in [-0.25, -0.2) is 0 Å². The van der Waals surface area contributed by atoms with Crippen LogP contribution in [0.15, 0.2) is 54.7 Å². The summed E-state index contributed by atoms with van der Waals surface area (Å²) in [5.41, 5.74) is 3.39. The lowest BCUT2D eigenvalue weighted by atomic mass is 10.1. The number of carbonyl (C=O) groups excluding carboxylic acids is 2. The highest BCUT2D eigenvalue weighted by Crippen LogP contribution is 2.23. The van der Waals surface area contributed by atoms with Crippen LogP contribution in [0.25, 0.3) is 6.08 Å². The van der Waals surface area contributed by atoms with Crippen LogP contribution in [-0.4, -0.2) is 35.2 Å². The summed E-state index contributed by atoms with van der Waals surface area (Å²) in [5, 5.41) is 9.91. The van der Waals surface area contributed by atoms with Crippen molar-refractivity contribution in [2.45, 2.75) is 40.8 Å². The van der Waals surface area contributed by atoms with Crippen molar-refractivity contribution < 1.29 is 19.1 Å². The van der Waals surface area contributed by atoms with E-state index in [1.807, 2.05) is 70.2 Å². The van der Waals surface area contributed by atoms with Gasteiger partial charge in [0.05, 0.1) is 12.8 Å². The maximum absolute atomic E-state index is 12.7. The Morgan fingerprint density at radius 3 is 2.56 bits per heavy atom. The monoisotopic (exact) mass is 490 g/mol. The minimum absolute atomic E-state index is 0.194. The first-order valence-corrected chi connectivity index (χ1v) is 12.0. The molecule has 1 aromatic heterocycles. The van der Waals surface area contributed by atoms with E-state index in [0.29, 0.717) is 37.1 Å². The standard InChI is InChI=1S/C28H34N4O4/c1-6-32-17-24(27(31-32)28(34)29-16-19(2)3)30-26(33)14-10-21-9-13-25(35-5)22(15-21)18-36-23-11-7-20(4)8-12-23/h7-15,17,19H,6,16,18H2,1-5H3,(H,29,34)(H,30,33)/b14-10+. The second-order valence-corrected chi connectivity index (χ2v) is 8.85. The lowest BCUT2D eigenvalue weighted by Crippen LogP contribution is -2.28. The van der Waals surface area contributed by atoms with Crippen LogP contribution in [0.4, 0.5) is 5.69 Å². The van der Waals surface area contributed by atoms with Gasteiger partial charge in [-0.3, -0.25) is 14.3 Å². The molecule has 2 N–H and O–H groups in total. The number of rotatable bonds is 11. The van der Waals surface area contributed by atoms with E-state index in [4.69, 9.17) is 9.47 Å². The minimum Gasteiger partial charge on any atom is -0.496 e. The maximum atomic E-state index is 12.7. The number of aryl methyl sites for hydroxylation is 2. The van der Waals surface area contributed by atoms with Gasteiger partial charge in [0.25, 0.3) is 5.91 Å². The average Bonchev–Trinajstić information content (AvgIpc) is 3.28. The fourth-order valence-electron chi connectivity index (χ4n) is 3.38. The van der Waals surface area contributed by atoms with Crippen molar-refractivity contribution in [1.29, 1.82) is 0 Å². The lowest BCUT2D eigenvalue weighted by Gasteiger charge is -2.11. The molecule has 3 aromatic rings. The maximum Gasteiger partial charge on any atom is 0.273 e. The van der Waals surface area contributed by atoms with E-state index >= 15 is 0 Å². The van der Waals surface area contributed by atoms with Crippen LogP contribution in [0.1, 0.15) is 48.0 Å². The zero-order chi connectivity index (χ0) is 26.1. The van der Waals surface area contributed by atoms with Gasteiger partial charge in [-0.1, -0.05) is 37.6 Å². The van der Waals surface area contributed by atoms with Crippen molar-refractivity contribution in [3.05, 3.63) is 77.1 Å². The van der Waals surface area contributed by atoms with Crippen LogP contribution in [0.2, 0.25) is 0 Å². The highest BCUT2D eigenvalue weighted by molar-refractivity contribution is 6.06. The predicted octanol–water partition coefficient (Wildman–Crippen LogP) is 4.84. The molecule has 0 unspecified atom stereocenters. The Labute approximate surface area is 212 Å². The normalized spacial score (nSPS) is 11.1. The zero-order valence-corrected chi connectivity index (χ0v) is 21.5. The molecule has 0 aliphatic heterocycles. The molecule has 0 bridgehead atoms. The number of anilines is 1. The summed E-state index contributed by atoms with van der Waals surface area (Å²) in [7, 11) is 1.61. The summed E-state index contributed by atoms with van der Waals surface area (Å²) in [5.74, 6) is 1.09. The number of benzene rings is 2. The largest absolute Gasteiger partial charge is 0.496 e. The van der Waals surface area contributed by atoms with E-state index in [2.05, 4.69) is 15.7 Å². The van der Waals surface area contributed by atoms with Crippen molar-refractivity contribution >= 4 is 23.6 Å². The molecule has 8 nitrogen and oxygen atoms in total. The molecular formula is C28H34N4O4. The van der Waals surface area contributed by atoms with Crippen molar-refractivity contribution in [3.63, 3.8) is 0 Å². The summed E-state index contributed by atoms with van der Waals surface area (Å²) >= 11 is 0. The molecule has 8 heteroatoms. The summed E-state index contributed by atoms with van der Waals surface area (Å²) < 4.78 is 13.0. The van der Waals surface area contributed by atoms with E-state index < -0.39 is 0 Å². The average molecular weight is 491 g/mol. The first-order chi connectivity index (χ1) is 17.3. The van der Waals surface area contributed by atoms with Crippen molar-refractivity contribution in [1.82, 2.24) is 15.1 Å². The van der Waals surface area contributed by atoms with E-state index in [1.165, 1.54) is 6.08 Å². The molecule has 2 aromatic carbocycles. The van der Waals surface area contributed by atoms with Gasteiger partial charge in [0, 0.05) is 30.9 Å². The molecule has 1 heterocycles. The molecule has 2 amide bonds. The second kappa shape index (κ2) is 12.6. The molecule has 190 valence electrons. The topological polar surface area (TPSA) is 94.5 Å². The van der Waals surface area contributed by atoms with Gasteiger partial charge in [0.15, 0.2) is 5.69 Å². The van der Waals surface area contributed by atoms with Crippen molar-refractivity contribution in [3.8, 4) is 11.5 Å². The van der Waals surface area contributed by atoms with Crippen LogP contribution in [-0.2, 0) is 17.9 Å². The van der Waals surface area contributed by atoms with Gasteiger partial charge in [-0.05, 0) is 55.7 Å². The van der Waals surface area contributed by atoms with Crippen LogP contribution in [0.3, 0.4) is 0 Å². The Kier molecular flexibility index (Phi) is 9.27. The number of hydrogen-bond donors (Lipinski definition) is 2. The molecule has 0 fully saturated rings. The van der Waals surface area contributed by atoms with Gasteiger partial charge < -0.3 is 20.1 Å². The molecule has 0 radical (unpaired) electrons. The summed E-state index contributed by atoms with van der Waals surface area (Å²) in [4.78, 5) is 25.2. The smallest absolute Gasteiger partial charge is 0.273 e. The Bertz CT molecular complexity index is 1210. The molecule has 0 aliphatic rings. The molecule has 0 atom stereocenters. The third kappa shape index (κ3) is 7.46. The Morgan fingerprint density at radius 2 is 1.89 bits per heavy atom. The SMILES string of the molecule is CCn1cc(NC(=O)/C=C/c2ccc(OC)c(COc3ccc(C)cc3)c2)c(C(=O)NCC(C)C)n1. The Balaban J connectivity index is 1.69. The van der Waals surface area contributed by atoms with Gasteiger partial charge in [0.1, 0.15) is 18.1 Å². The van der Waals surface area contributed by atoms with Crippen molar-refractivity contribution in [2.75, 3.05) is 19.0 Å². The lowest BCUT2D eigenvalue weighted by molar-refractivity contribution is -0.111. The third-order valence-corrected chi connectivity index (χ3v) is 5.38.